The summed E-state index contributed by atoms with van der Waals surface area (Å²) in [4.78, 5) is 0. The van der Waals surface area contributed by atoms with Crippen molar-refractivity contribution in [3.8, 4) is 0 Å². The standard InChI is InChI=1S/C19H26O2/c1-5-12-6-8-14-13(10-12)7-9-16-18(2,3)17(21)15(20)11-19(14,16)4/h5-6,8,10,15-17,20-21H,1,7,9,11H2,2-4H3/t15-,16-,17-,19+/m1/s1. The third-order valence-electron chi connectivity index (χ3n) is 6.11. The smallest absolute Gasteiger partial charge is 0.0853 e. The van der Waals surface area contributed by atoms with Crippen LogP contribution in [0.1, 0.15) is 50.3 Å². The van der Waals surface area contributed by atoms with E-state index in [1.54, 1.807) is 0 Å². The maximum absolute atomic E-state index is 10.4. The summed E-state index contributed by atoms with van der Waals surface area (Å²) in [5.74, 6) is 0.394. The van der Waals surface area contributed by atoms with Crippen molar-refractivity contribution in [2.45, 2.75) is 57.7 Å². The van der Waals surface area contributed by atoms with Crippen molar-refractivity contribution in [3.05, 3.63) is 41.5 Å². The lowest BCUT2D eigenvalue weighted by molar-refractivity contribution is -0.142. The van der Waals surface area contributed by atoms with Crippen molar-refractivity contribution in [3.63, 3.8) is 0 Å². The molecule has 2 nitrogen and oxygen atoms in total. The summed E-state index contributed by atoms with van der Waals surface area (Å²) in [6.45, 7) is 10.3. The van der Waals surface area contributed by atoms with E-state index in [-0.39, 0.29) is 10.8 Å². The fourth-order valence-corrected chi connectivity index (χ4v) is 5.00. The van der Waals surface area contributed by atoms with Crippen LogP contribution < -0.4 is 0 Å². The first-order chi connectivity index (χ1) is 9.80. The Labute approximate surface area is 127 Å². The second-order valence-corrected chi connectivity index (χ2v) is 7.67. The molecule has 4 atom stereocenters. The molecule has 1 fully saturated rings. The highest BCUT2D eigenvalue weighted by atomic mass is 16.3. The van der Waals surface area contributed by atoms with E-state index in [1.807, 2.05) is 6.08 Å². The molecule has 1 aromatic carbocycles. The maximum atomic E-state index is 10.4. The lowest BCUT2D eigenvalue weighted by Gasteiger charge is -2.57. The number of benzene rings is 1. The molecule has 2 N–H and O–H groups in total. The van der Waals surface area contributed by atoms with Gasteiger partial charge in [0.05, 0.1) is 12.2 Å². The van der Waals surface area contributed by atoms with Crippen LogP contribution in [0.25, 0.3) is 6.08 Å². The van der Waals surface area contributed by atoms with E-state index in [9.17, 15) is 10.2 Å². The lowest BCUT2D eigenvalue weighted by Crippen LogP contribution is -2.59. The molecule has 2 aliphatic carbocycles. The first-order valence-electron chi connectivity index (χ1n) is 7.92. The van der Waals surface area contributed by atoms with Gasteiger partial charge in [0.15, 0.2) is 0 Å². The first-order valence-corrected chi connectivity index (χ1v) is 7.92. The molecular weight excluding hydrogens is 260 g/mol. The average molecular weight is 286 g/mol. The van der Waals surface area contributed by atoms with Crippen LogP contribution in [0.4, 0.5) is 0 Å². The monoisotopic (exact) mass is 286 g/mol. The van der Waals surface area contributed by atoms with Gasteiger partial charge in [0.25, 0.3) is 0 Å². The van der Waals surface area contributed by atoms with Crippen LogP contribution in [-0.4, -0.2) is 22.4 Å². The summed E-state index contributed by atoms with van der Waals surface area (Å²) in [6.07, 6.45) is 3.36. The van der Waals surface area contributed by atoms with Gasteiger partial charge in [-0.2, -0.15) is 0 Å². The fraction of sp³-hybridized carbons (Fsp3) is 0.579. The SMILES string of the molecule is C=Cc1ccc2c(c1)CC[C@@H]1C(C)(C)[C@H](O)[C@H](O)C[C@@]21C. The largest absolute Gasteiger partial charge is 0.390 e. The van der Waals surface area contributed by atoms with E-state index in [2.05, 4.69) is 45.5 Å². The van der Waals surface area contributed by atoms with E-state index in [4.69, 9.17) is 0 Å². The highest BCUT2D eigenvalue weighted by molar-refractivity contribution is 5.52. The average Bonchev–Trinajstić information content (AvgIpc) is 2.44. The molecule has 1 saturated carbocycles. The second-order valence-electron chi connectivity index (χ2n) is 7.67. The summed E-state index contributed by atoms with van der Waals surface area (Å²) >= 11 is 0. The molecule has 0 aliphatic heterocycles. The zero-order valence-corrected chi connectivity index (χ0v) is 13.3. The molecule has 0 spiro atoms. The normalized spacial score (nSPS) is 37.5. The molecule has 0 heterocycles. The minimum Gasteiger partial charge on any atom is -0.390 e. The molecule has 0 unspecified atom stereocenters. The highest BCUT2D eigenvalue weighted by Crippen LogP contribution is 2.57. The quantitative estimate of drug-likeness (QED) is 0.831. The van der Waals surface area contributed by atoms with E-state index in [0.717, 1.165) is 18.4 Å². The molecule has 0 amide bonds. The van der Waals surface area contributed by atoms with Gasteiger partial charge < -0.3 is 10.2 Å². The summed E-state index contributed by atoms with van der Waals surface area (Å²) < 4.78 is 0. The molecule has 1 aromatic rings. The molecule has 3 rings (SSSR count). The van der Waals surface area contributed by atoms with Crippen LogP contribution in [0.5, 0.6) is 0 Å². The minimum absolute atomic E-state index is 0.0601. The molecule has 0 radical (unpaired) electrons. The number of aliphatic hydroxyl groups is 2. The van der Waals surface area contributed by atoms with Gasteiger partial charge in [-0.15, -0.1) is 0 Å². The number of aryl methyl sites for hydroxylation is 1. The van der Waals surface area contributed by atoms with Crippen molar-refractivity contribution < 1.29 is 10.2 Å². The highest BCUT2D eigenvalue weighted by Gasteiger charge is 2.56. The second kappa shape index (κ2) is 4.69. The van der Waals surface area contributed by atoms with Crippen LogP contribution >= 0.6 is 0 Å². The third kappa shape index (κ3) is 2.00. The van der Waals surface area contributed by atoms with Gasteiger partial charge in [0.2, 0.25) is 0 Å². The number of aliphatic hydroxyl groups excluding tert-OH is 2. The van der Waals surface area contributed by atoms with Crippen LogP contribution in [0.15, 0.2) is 24.8 Å². The van der Waals surface area contributed by atoms with Crippen molar-refractivity contribution in [1.29, 1.82) is 0 Å². The zero-order valence-electron chi connectivity index (χ0n) is 13.3. The van der Waals surface area contributed by atoms with Crippen molar-refractivity contribution in [2.24, 2.45) is 11.3 Å². The summed E-state index contributed by atoms with van der Waals surface area (Å²) in [5, 5.41) is 20.8. The predicted molar refractivity (Wildman–Crippen MR) is 86.1 cm³/mol. The Morgan fingerprint density at radius 3 is 2.62 bits per heavy atom. The Balaban J connectivity index is 2.12. The Kier molecular flexibility index (Phi) is 3.30. The molecule has 21 heavy (non-hydrogen) atoms. The van der Waals surface area contributed by atoms with Crippen molar-refractivity contribution >= 4 is 6.08 Å². The van der Waals surface area contributed by atoms with Gasteiger partial charge in [0, 0.05) is 0 Å². The lowest BCUT2D eigenvalue weighted by atomic mass is 9.49. The number of rotatable bonds is 1. The first kappa shape index (κ1) is 14.8. The minimum atomic E-state index is -0.647. The van der Waals surface area contributed by atoms with Gasteiger partial charge in [-0.25, -0.2) is 0 Å². The van der Waals surface area contributed by atoms with Gasteiger partial charge in [-0.05, 0) is 52.7 Å². The molecule has 114 valence electrons. The third-order valence-corrected chi connectivity index (χ3v) is 6.11. The molecule has 0 aromatic heterocycles. The van der Waals surface area contributed by atoms with Crippen LogP contribution in [0.3, 0.4) is 0 Å². The molecule has 0 saturated heterocycles. The van der Waals surface area contributed by atoms with Crippen LogP contribution in [-0.2, 0) is 11.8 Å². The zero-order chi connectivity index (χ0) is 15.4. The topological polar surface area (TPSA) is 40.5 Å². The summed E-state index contributed by atoms with van der Waals surface area (Å²) in [6, 6.07) is 6.55. The fourth-order valence-electron chi connectivity index (χ4n) is 5.00. The van der Waals surface area contributed by atoms with Gasteiger partial charge in [-0.1, -0.05) is 51.6 Å². The van der Waals surface area contributed by atoms with E-state index in [0.29, 0.717) is 12.3 Å². The van der Waals surface area contributed by atoms with Gasteiger partial charge in [0.1, 0.15) is 0 Å². The van der Waals surface area contributed by atoms with Gasteiger partial charge >= 0.3 is 0 Å². The number of fused-ring (bicyclic) bond motifs is 3. The van der Waals surface area contributed by atoms with Crippen LogP contribution in [0, 0.1) is 11.3 Å². The Morgan fingerprint density at radius 2 is 1.95 bits per heavy atom. The van der Waals surface area contributed by atoms with Crippen molar-refractivity contribution in [1.82, 2.24) is 0 Å². The predicted octanol–water partition coefficient (Wildman–Crippen LogP) is 3.30. The maximum Gasteiger partial charge on any atom is 0.0853 e. The van der Waals surface area contributed by atoms with E-state index < -0.39 is 12.2 Å². The van der Waals surface area contributed by atoms with Crippen LogP contribution in [0.2, 0.25) is 0 Å². The Morgan fingerprint density at radius 1 is 1.24 bits per heavy atom. The molecule has 0 bridgehead atoms. The van der Waals surface area contributed by atoms with E-state index in [1.165, 1.54) is 11.1 Å². The molecule has 2 heteroatoms. The number of hydrogen-bond donors (Lipinski definition) is 2. The molecule has 2 aliphatic rings. The number of hydrogen-bond acceptors (Lipinski definition) is 2. The van der Waals surface area contributed by atoms with E-state index >= 15 is 0 Å². The van der Waals surface area contributed by atoms with Gasteiger partial charge in [-0.3, -0.25) is 0 Å². The Bertz CT molecular complexity index is 575. The molecular formula is C19H26O2. The summed E-state index contributed by atoms with van der Waals surface area (Å²) in [5.41, 5.74) is 3.57. The Hall–Kier alpha value is -1.12. The van der Waals surface area contributed by atoms with Crippen molar-refractivity contribution in [2.75, 3.05) is 0 Å². The summed E-state index contributed by atoms with van der Waals surface area (Å²) in [7, 11) is 0.